The number of sulfonamides is 1. The van der Waals surface area contributed by atoms with E-state index in [2.05, 4.69) is 9.46 Å². The van der Waals surface area contributed by atoms with Crippen molar-refractivity contribution in [2.45, 2.75) is 9.79 Å². The number of anilines is 1. The van der Waals surface area contributed by atoms with Gasteiger partial charge in [-0.15, -0.1) is 0 Å². The maximum absolute atomic E-state index is 12.3. The summed E-state index contributed by atoms with van der Waals surface area (Å²) < 4.78 is 54.4. The number of carbonyl (C=O) groups is 1. The fraction of sp³-hybridized carbons (Fsp3) is 0.133. The number of nitrogens with one attached hydrogen (secondary N) is 1. The number of methoxy groups -OCH3 is 1. The van der Waals surface area contributed by atoms with Gasteiger partial charge in [-0.3, -0.25) is 4.72 Å². The molecule has 2 rings (SSSR count). The van der Waals surface area contributed by atoms with E-state index in [1.807, 2.05) is 0 Å². The highest BCUT2D eigenvalue weighted by Gasteiger charge is 2.16. The van der Waals surface area contributed by atoms with Crippen LogP contribution in [0.15, 0.2) is 58.3 Å². The van der Waals surface area contributed by atoms with E-state index >= 15 is 0 Å². The van der Waals surface area contributed by atoms with Gasteiger partial charge in [0.1, 0.15) is 0 Å². The van der Waals surface area contributed by atoms with E-state index in [4.69, 9.17) is 0 Å². The van der Waals surface area contributed by atoms with Gasteiger partial charge >= 0.3 is 5.97 Å². The van der Waals surface area contributed by atoms with Crippen LogP contribution in [0.1, 0.15) is 10.4 Å². The van der Waals surface area contributed by atoms with Gasteiger partial charge in [-0.2, -0.15) is 0 Å². The molecule has 0 saturated carbocycles. The van der Waals surface area contributed by atoms with Crippen molar-refractivity contribution in [2.75, 3.05) is 18.1 Å². The number of carbonyl (C=O) groups excluding carboxylic acids is 1. The van der Waals surface area contributed by atoms with Gasteiger partial charge in [0.25, 0.3) is 10.0 Å². The molecule has 0 atom stereocenters. The molecule has 1 N–H and O–H groups in total. The molecule has 0 radical (unpaired) electrons. The van der Waals surface area contributed by atoms with Crippen molar-refractivity contribution in [3.8, 4) is 0 Å². The Labute approximate surface area is 140 Å². The van der Waals surface area contributed by atoms with E-state index in [1.54, 1.807) is 0 Å². The second-order valence-corrected chi connectivity index (χ2v) is 8.62. The van der Waals surface area contributed by atoms with Crippen LogP contribution in [0, 0.1) is 0 Å². The minimum Gasteiger partial charge on any atom is -0.465 e. The molecule has 0 unspecified atom stereocenters. The summed E-state index contributed by atoms with van der Waals surface area (Å²) in [6, 6.07) is 10.7. The summed E-state index contributed by atoms with van der Waals surface area (Å²) in [4.78, 5) is 11.4. The second kappa shape index (κ2) is 6.62. The SMILES string of the molecule is COC(=O)c1cccc(NS(=O)(=O)c2ccc(S(C)(=O)=O)cc2)c1. The highest BCUT2D eigenvalue weighted by molar-refractivity contribution is 7.92. The quantitative estimate of drug-likeness (QED) is 0.804. The highest BCUT2D eigenvalue weighted by atomic mass is 32.2. The summed E-state index contributed by atoms with van der Waals surface area (Å²) in [6.45, 7) is 0. The van der Waals surface area contributed by atoms with Gasteiger partial charge in [-0.25, -0.2) is 21.6 Å². The lowest BCUT2D eigenvalue weighted by atomic mass is 10.2. The predicted molar refractivity (Wildman–Crippen MR) is 88.1 cm³/mol. The zero-order valence-corrected chi connectivity index (χ0v) is 14.5. The van der Waals surface area contributed by atoms with Crippen molar-refractivity contribution in [3.05, 3.63) is 54.1 Å². The number of rotatable bonds is 5. The fourth-order valence-electron chi connectivity index (χ4n) is 1.91. The normalized spacial score (nSPS) is 11.8. The lowest BCUT2D eigenvalue weighted by Gasteiger charge is -2.09. The van der Waals surface area contributed by atoms with Gasteiger partial charge in [0.2, 0.25) is 0 Å². The Bertz CT molecular complexity index is 963. The lowest BCUT2D eigenvalue weighted by molar-refractivity contribution is 0.0600. The standard InChI is InChI=1S/C15H15NO6S2/c1-22-15(17)11-4-3-5-12(10-11)16-24(20,21)14-8-6-13(7-9-14)23(2,18)19/h3-10,16H,1-2H3. The first-order valence-electron chi connectivity index (χ1n) is 6.65. The summed E-state index contributed by atoms with van der Waals surface area (Å²) in [5.74, 6) is -0.589. The van der Waals surface area contributed by atoms with Crippen molar-refractivity contribution in [2.24, 2.45) is 0 Å². The molecule has 0 fully saturated rings. The molecule has 0 aromatic heterocycles. The van der Waals surface area contributed by atoms with Crippen LogP contribution in [0.3, 0.4) is 0 Å². The van der Waals surface area contributed by atoms with Gasteiger partial charge in [0, 0.05) is 11.9 Å². The summed E-state index contributed by atoms with van der Waals surface area (Å²) in [7, 11) is -6.11. The lowest BCUT2D eigenvalue weighted by Crippen LogP contribution is -2.13. The van der Waals surface area contributed by atoms with Crippen LogP contribution in [0.5, 0.6) is 0 Å². The second-order valence-electron chi connectivity index (χ2n) is 4.92. The number of ether oxygens (including phenoxy) is 1. The minimum atomic E-state index is -3.92. The molecule has 9 heteroatoms. The number of hydrogen-bond acceptors (Lipinski definition) is 6. The molecule has 24 heavy (non-hydrogen) atoms. The number of esters is 1. The molecule has 0 aliphatic heterocycles. The molecule has 0 amide bonds. The van der Waals surface area contributed by atoms with E-state index in [0.29, 0.717) is 0 Å². The van der Waals surface area contributed by atoms with Crippen LogP contribution in [0.4, 0.5) is 5.69 Å². The highest BCUT2D eigenvalue weighted by Crippen LogP contribution is 2.19. The molecule has 7 nitrogen and oxygen atoms in total. The van der Waals surface area contributed by atoms with Crippen LogP contribution in [0.2, 0.25) is 0 Å². The molecule has 0 heterocycles. The summed E-state index contributed by atoms with van der Waals surface area (Å²) in [5, 5.41) is 0. The average Bonchev–Trinajstić information content (AvgIpc) is 2.53. The molecular weight excluding hydrogens is 354 g/mol. The third-order valence-corrected chi connectivity index (χ3v) is 5.62. The molecule has 2 aromatic carbocycles. The number of hydrogen-bond donors (Lipinski definition) is 1. The van der Waals surface area contributed by atoms with Gasteiger partial charge < -0.3 is 4.74 Å². The molecule has 0 saturated heterocycles. The van der Waals surface area contributed by atoms with Crippen LogP contribution < -0.4 is 4.72 Å². The van der Waals surface area contributed by atoms with E-state index < -0.39 is 25.8 Å². The molecule has 128 valence electrons. The van der Waals surface area contributed by atoms with Crippen molar-refractivity contribution in [3.63, 3.8) is 0 Å². The third kappa shape index (κ3) is 4.12. The first-order valence-corrected chi connectivity index (χ1v) is 10.0. The van der Waals surface area contributed by atoms with Gasteiger partial charge in [0.05, 0.1) is 22.5 Å². The van der Waals surface area contributed by atoms with Crippen molar-refractivity contribution >= 4 is 31.5 Å². The number of benzene rings is 2. The Hall–Kier alpha value is -2.39. The molecule has 2 aromatic rings. The van der Waals surface area contributed by atoms with E-state index in [9.17, 15) is 21.6 Å². The molecule has 0 aliphatic carbocycles. The maximum atomic E-state index is 12.3. The van der Waals surface area contributed by atoms with Gasteiger partial charge in [-0.05, 0) is 42.5 Å². The average molecular weight is 369 g/mol. The Morgan fingerprint density at radius 3 is 2.08 bits per heavy atom. The summed E-state index contributed by atoms with van der Waals surface area (Å²) in [6.07, 6.45) is 1.03. The van der Waals surface area contributed by atoms with E-state index in [1.165, 1.54) is 55.6 Å². The van der Waals surface area contributed by atoms with Crippen LogP contribution >= 0.6 is 0 Å². The Morgan fingerprint density at radius 1 is 0.958 bits per heavy atom. The topological polar surface area (TPSA) is 107 Å². The van der Waals surface area contributed by atoms with Crippen molar-refractivity contribution in [1.82, 2.24) is 0 Å². The Balaban J connectivity index is 2.30. The van der Waals surface area contributed by atoms with E-state index in [-0.39, 0.29) is 21.0 Å². The minimum absolute atomic E-state index is 0.0224. The fourth-order valence-corrected chi connectivity index (χ4v) is 3.59. The van der Waals surface area contributed by atoms with Gasteiger partial charge in [0.15, 0.2) is 9.84 Å². The summed E-state index contributed by atoms with van der Waals surface area (Å²) >= 11 is 0. The Morgan fingerprint density at radius 2 is 1.54 bits per heavy atom. The van der Waals surface area contributed by atoms with Crippen molar-refractivity contribution in [1.29, 1.82) is 0 Å². The summed E-state index contributed by atoms with van der Waals surface area (Å²) in [5.41, 5.74) is 0.384. The Kier molecular flexibility index (Phi) is 4.95. The maximum Gasteiger partial charge on any atom is 0.337 e. The smallest absolute Gasteiger partial charge is 0.337 e. The first-order chi connectivity index (χ1) is 11.1. The monoisotopic (exact) mass is 369 g/mol. The molecule has 0 aliphatic rings. The predicted octanol–water partition coefficient (Wildman–Crippen LogP) is 1.68. The molecular formula is C15H15NO6S2. The number of sulfone groups is 1. The van der Waals surface area contributed by atoms with Crippen LogP contribution in [0.25, 0.3) is 0 Å². The van der Waals surface area contributed by atoms with E-state index in [0.717, 1.165) is 6.26 Å². The molecule has 0 spiro atoms. The van der Waals surface area contributed by atoms with Gasteiger partial charge in [-0.1, -0.05) is 6.07 Å². The first kappa shape index (κ1) is 18.0. The largest absolute Gasteiger partial charge is 0.465 e. The third-order valence-electron chi connectivity index (χ3n) is 3.10. The molecule has 0 bridgehead atoms. The van der Waals surface area contributed by atoms with Crippen LogP contribution in [-0.2, 0) is 24.6 Å². The zero-order valence-electron chi connectivity index (χ0n) is 12.9. The van der Waals surface area contributed by atoms with Crippen LogP contribution in [-0.4, -0.2) is 36.2 Å². The zero-order chi connectivity index (χ0) is 18.0. The van der Waals surface area contributed by atoms with Crippen molar-refractivity contribution < 1.29 is 26.4 Å².